The fourth-order valence-electron chi connectivity index (χ4n) is 2.91. The first-order valence-corrected chi connectivity index (χ1v) is 6.47. The molecule has 0 saturated heterocycles. The molecule has 1 aliphatic carbocycles. The van der Waals surface area contributed by atoms with Gasteiger partial charge >= 0.3 is 0 Å². The number of nitrogens with one attached hydrogen (secondary N) is 1. The second-order valence-corrected chi connectivity index (χ2v) is 5.81. The topological polar surface area (TPSA) is 12.0 Å². The summed E-state index contributed by atoms with van der Waals surface area (Å²) < 4.78 is 24.9. The Kier molecular flexibility index (Phi) is 5.16. The molecule has 1 fully saturated rings. The third-order valence-corrected chi connectivity index (χ3v) is 3.68. The molecule has 3 heteroatoms. The van der Waals surface area contributed by atoms with Gasteiger partial charge in [0.05, 0.1) is 6.04 Å². The van der Waals surface area contributed by atoms with Gasteiger partial charge in [0.1, 0.15) is 0 Å². The summed E-state index contributed by atoms with van der Waals surface area (Å²) in [6, 6.07) is -0.676. The number of rotatable bonds is 6. The number of alkyl halides is 2. The smallest absolute Gasteiger partial charge is 0.253 e. The molecule has 0 spiro atoms. The van der Waals surface area contributed by atoms with Crippen LogP contribution in [0.25, 0.3) is 0 Å². The Labute approximate surface area is 98.0 Å². The molecule has 0 amide bonds. The first-order chi connectivity index (χ1) is 7.45. The van der Waals surface area contributed by atoms with Crippen molar-refractivity contribution < 1.29 is 8.78 Å². The van der Waals surface area contributed by atoms with Gasteiger partial charge in [0.15, 0.2) is 0 Å². The fourth-order valence-corrected chi connectivity index (χ4v) is 2.91. The van der Waals surface area contributed by atoms with Crippen molar-refractivity contribution in [3.8, 4) is 0 Å². The van der Waals surface area contributed by atoms with Crippen LogP contribution >= 0.6 is 0 Å². The van der Waals surface area contributed by atoms with Crippen LogP contribution in [0.4, 0.5) is 8.78 Å². The van der Waals surface area contributed by atoms with Crippen LogP contribution in [0.3, 0.4) is 0 Å². The molecule has 0 aromatic rings. The minimum absolute atomic E-state index is 0.289. The molecular formula is C13H25F2N. The third kappa shape index (κ3) is 4.00. The molecule has 1 rings (SSSR count). The summed E-state index contributed by atoms with van der Waals surface area (Å²) in [5.41, 5.74) is 0.289. The lowest BCUT2D eigenvalue weighted by atomic mass is 9.78. The normalized spacial score (nSPS) is 21.9. The van der Waals surface area contributed by atoms with Crippen LogP contribution in [-0.4, -0.2) is 19.0 Å². The van der Waals surface area contributed by atoms with Gasteiger partial charge in [-0.05, 0) is 37.5 Å². The molecular weight excluding hydrogens is 208 g/mol. The predicted octanol–water partition coefficient (Wildman–Crippen LogP) is 3.84. The highest BCUT2D eigenvalue weighted by Gasteiger charge is 2.34. The fraction of sp³-hybridized carbons (Fsp3) is 1.00. The van der Waals surface area contributed by atoms with Crippen molar-refractivity contribution in [3.63, 3.8) is 0 Å². The van der Waals surface area contributed by atoms with E-state index < -0.39 is 12.5 Å². The monoisotopic (exact) mass is 233 g/mol. The van der Waals surface area contributed by atoms with Gasteiger partial charge in [-0.25, -0.2) is 8.78 Å². The van der Waals surface area contributed by atoms with E-state index in [1.54, 1.807) is 6.92 Å². The van der Waals surface area contributed by atoms with Crippen LogP contribution in [0.15, 0.2) is 0 Å². The van der Waals surface area contributed by atoms with Gasteiger partial charge in [-0.1, -0.05) is 26.7 Å². The standard InChI is InChI=1S/C13H25F2N/c1-10(2)8-13(6-4-5-7-13)9-16-11(3)12(14)15/h10-12,16H,4-9H2,1-3H3. The second kappa shape index (κ2) is 5.95. The largest absolute Gasteiger partial charge is 0.309 e. The Bertz CT molecular complexity index is 198. The Hall–Kier alpha value is -0.180. The summed E-state index contributed by atoms with van der Waals surface area (Å²) in [5, 5.41) is 3.02. The molecule has 96 valence electrons. The maximum atomic E-state index is 12.4. The zero-order valence-electron chi connectivity index (χ0n) is 10.7. The van der Waals surface area contributed by atoms with Crippen molar-refractivity contribution in [1.29, 1.82) is 0 Å². The maximum absolute atomic E-state index is 12.4. The highest BCUT2D eigenvalue weighted by molar-refractivity contribution is 4.88. The van der Waals surface area contributed by atoms with Crippen molar-refractivity contribution in [2.75, 3.05) is 6.54 Å². The number of halogens is 2. The molecule has 16 heavy (non-hydrogen) atoms. The van der Waals surface area contributed by atoms with Crippen molar-refractivity contribution in [1.82, 2.24) is 5.32 Å². The highest BCUT2D eigenvalue weighted by Crippen LogP contribution is 2.42. The van der Waals surface area contributed by atoms with E-state index in [1.807, 2.05) is 0 Å². The van der Waals surface area contributed by atoms with Crippen molar-refractivity contribution >= 4 is 0 Å². The first kappa shape index (κ1) is 13.9. The minimum Gasteiger partial charge on any atom is -0.309 e. The number of hydrogen-bond donors (Lipinski definition) is 1. The van der Waals surface area contributed by atoms with E-state index in [0.717, 1.165) is 13.0 Å². The molecule has 1 unspecified atom stereocenters. The van der Waals surface area contributed by atoms with E-state index in [1.165, 1.54) is 25.7 Å². The molecule has 0 aromatic heterocycles. The molecule has 0 aromatic carbocycles. The molecule has 1 N–H and O–H groups in total. The van der Waals surface area contributed by atoms with E-state index in [-0.39, 0.29) is 5.41 Å². The Balaban J connectivity index is 2.45. The number of hydrogen-bond acceptors (Lipinski definition) is 1. The van der Waals surface area contributed by atoms with E-state index >= 15 is 0 Å². The van der Waals surface area contributed by atoms with E-state index in [0.29, 0.717) is 5.92 Å². The summed E-state index contributed by atoms with van der Waals surface area (Å²) in [5.74, 6) is 0.654. The minimum atomic E-state index is -2.25. The quantitative estimate of drug-likeness (QED) is 0.735. The summed E-state index contributed by atoms with van der Waals surface area (Å²) in [4.78, 5) is 0. The lowest BCUT2D eigenvalue weighted by molar-refractivity contribution is 0.0947. The average Bonchev–Trinajstić information content (AvgIpc) is 2.62. The molecule has 1 aliphatic rings. The second-order valence-electron chi connectivity index (χ2n) is 5.81. The molecule has 0 bridgehead atoms. The van der Waals surface area contributed by atoms with Crippen LogP contribution in [0.5, 0.6) is 0 Å². The van der Waals surface area contributed by atoms with Crippen molar-refractivity contribution in [3.05, 3.63) is 0 Å². The molecule has 1 saturated carbocycles. The highest BCUT2D eigenvalue weighted by atomic mass is 19.3. The molecule has 1 atom stereocenters. The Morgan fingerprint density at radius 2 is 1.69 bits per heavy atom. The zero-order valence-corrected chi connectivity index (χ0v) is 10.7. The molecule has 0 heterocycles. The first-order valence-electron chi connectivity index (χ1n) is 6.47. The lowest BCUT2D eigenvalue weighted by Crippen LogP contribution is -2.41. The van der Waals surface area contributed by atoms with Crippen LogP contribution in [0.2, 0.25) is 0 Å². The van der Waals surface area contributed by atoms with Gasteiger partial charge < -0.3 is 5.32 Å². The van der Waals surface area contributed by atoms with Crippen molar-refractivity contribution in [2.24, 2.45) is 11.3 Å². The van der Waals surface area contributed by atoms with E-state index in [9.17, 15) is 8.78 Å². The summed E-state index contributed by atoms with van der Waals surface area (Å²) in [7, 11) is 0. The van der Waals surface area contributed by atoms with Crippen LogP contribution in [-0.2, 0) is 0 Å². The van der Waals surface area contributed by atoms with Gasteiger partial charge in [-0.15, -0.1) is 0 Å². The van der Waals surface area contributed by atoms with Crippen LogP contribution in [0.1, 0.15) is 52.9 Å². The zero-order chi connectivity index (χ0) is 12.2. The van der Waals surface area contributed by atoms with Crippen LogP contribution < -0.4 is 5.32 Å². The predicted molar refractivity (Wildman–Crippen MR) is 63.8 cm³/mol. The lowest BCUT2D eigenvalue weighted by Gasteiger charge is -2.32. The van der Waals surface area contributed by atoms with Crippen molar-refractivity contribution in [2.45, 2.75) is 65.3 Å². The summed E-state index contributed by atoms with van der Waals surface area (Å²) >= 11 is 0. The third-order valence-electron chi connectivity index (χ3n) is 3.68. The van der Waals surface area contributed by atoms with Crippen LogP contribution in [0, 0.1) is 11.3 Å². The summed E-state index contributed by atoms with van der Waals surface area (Å²) in [6.07, 6.45) is 3.84. The molecule has 1 nitrogen and oxygen atoms in total. The van der Waals surface area contributed by atoms with Gasteiger partial charge in [-0.3, -0.25) is 0 Å². The average molecular weight is 233 g/mol. The molecule has 0 radical (unpaired) electrons. The van der Waals surface area contributed by atoms with Gasteiger partial charge in [0, 0.05) is 6.54 Å². The van der Waals surface area contributed by atoms with E-state index in [4.69, 9.17) is 0 Å². The molecule has 0 aliphatic heterocycles. The summed E-state index contributed by atoms with van der Waals surface area (Å²) in [6.45, 7) is 6.77. The van der Waals surface area contributed by atoms with Gasteiger partial charge in [0.25, 0.3) is 6.43 Å². The SMILES string of the molecule is CC(C)CC1(CNC(C)C(F)F)CCCC1. The van der Waals surface area contributed by atoms with E-state index in [2.05, 4.69) is 19.2 Å². The Morgan fingerprint density at radius 3 is 2.12 bits per heavy atom. The van der Waals surface area contributed by atoms with Gasteiger partial charge in [-0.2, -0.15) is 0 Å². The van der Waals surface area contributed by atoms with Gasteiger partial charge in [0.2, 0.25) is 0 Å². The maximum Gasteiger partial charge on any atom is 0.253 e. The Morgan fingerprint density at radius 1 is 1.12 bits per heavy atom.